The Hall–Kier alpha value is -3.00. The van der Waals surface area contributed by atoms with E-state index in [1.807, 2.05) is 6.20 Å². The van der Waals surface area contributed by atoms with E-state index in [-0.39, 0.29) is 5.56 Å². The summed E-state index contributed by atoms with van der Waals surface area (Å²) in [6, 6.07) is 6.35. The summed E-state index contributed by atoms with van der Waals surface area (Å²) in [5.41, 5.74) is 2.94. The van der Waals surface area contributed by atoms with E-state index in [1.165, 1.54) is 18.3 Å². The van der Waals surface area contributed by atoms with E-state index >= 15 is 0 Å². The van der Waals surface area contributed by atoms with Gasteiger partial charge in [-0.1, -0.05) is 0 Å². The summed E-state index contributed by atoms with van der Waals surface area (Å²) in [4.78, 5) is 29.4. The largest absolute Gasteiger partial charge is 0.474 e. The third-order valence-electron chi connectivity index (χ3n) is 6.07. The fourth-order valence-corrected chi connectivity index (χ4v) is 3.98. The molecule has 2 fully saturated rings. The number of piperazine rings is 1. The van der Waals surface area contributed by atoms with Gasteiger partial charge in [0.05, 0.1) is 22.8 Å². The van der Waals surface area contributed by atoms with Crippen molar-refractivity contribution in [2.45, 2.75) is 31.9 Å². The summed E-state index contributed by atoms with van der Waals surface area (Å²) < 4.78 is 7.68. The normalized spacial score (nSPS) is 17.8. The molecule has 3 aromatic rings. The molecule has 2 aromatic heterocycles. The number of aromatic nitrogens is 4. The van der Waals surface area contributed by atoms with Gasteiger partial charge < -0.3 is 14.2 Å². The minimum Gasteiger partial charge on any atom is -0.474 e. The number of nitrogens with zero attached hydrogens (tertiary/aromatic N) is 6. The summed E-state index contributed by atoms with van der Waals surface area (Å²) >= 11 is 0. The van der Waals surface area contributed by atoms with Gasteiger partial charge in [0.15, 0.2) is 0 Å². The predicted molar refractivity (Wildman–Crippen MR) is 115 cm³/mol. The number of aryl methyl sites for hydroxylation is 1. The second kappa shape index (κ2) is 8.02. The van der Waals surface area contributed by atoms with Crippen LogP contribution in [0.1, 0.15) is 25.0 Å². The fraction of sp³-hybridized carbons (Fsp3) is 0.455. The van der Waals surface area contributed by atoms with Crippen LogP contribution in [0.15, 0.2) is 41.7 Å². The number of fused-ring (bicyclic) bond motifs is 1. The first-order valence-corrected chi connectivity index (χ1v) is 10.6. The van der Waals surface area contributed by atoms with Crippen LogP contribution in [0.5, 0.6) is 5.88 Å². The second-order valence-electron chi connectivity index (χ2n) is 8.14. The molecule has 1 aliphatic heterocycles. The second-order valence-corrected chi connectivity index (χ2v) is 8.14. The van der Waals surface area contributed by atoms with Crippen LogP contribution in [0.4, 0.5) is 5.69 Å². The van der Waals surface area contributed by atoms with Crippen molar-refractivity contribution >= 4 is 16.6 Å². The molecule has 0 bridgehead atoms. The quantitative estimate of drug-likeness (QED) is 0.641. The van der Waals surface area contributed by atoms with Crippen LogP contribution in [-0.2, 0) is 13.6 Å². The van der Waals surface area contributed by atoms with Gasteiger partial charge in [0.2, 0.25) is 5.88 Å². The fourth-order valence-electron chi connectivity index (χ4n) is 3.98. The zero-order chi connectivity index (χ0) is 20.5. The summed E-state index contributed by atoms with van der Waals surface area (Å²) in [5.74, 6) is 0.700. The highest BCUT2D eigenvalue weighted by atomic mass is 16.5. The van der Waals surface area contributed by atoms with Crippen LogP contribution in [-0.4, -0.2) is 56.7 Å². The zero-order valence-electron chi connectivity index (χ0n) is 17.2. The molecule has 30 heavy (non-hydrogen) atoms. The first kappa shape index (κ1) is 19.0. The predicted octanol–water partition coefficient (Wildman–Crippen LogP) is 1.98. The molecule has 0 atom stereocenters. The molecule has 8 heteroatoms. The molecule has 1 saturated heterocycles. The highest BCUT2D eigenvalue weighted by molar-refractivity contribution is 5.86. The van der Waals surface area contributed by atoms with Gasteiger partial charge in [-0.15, -0.1) is 0 Å². The topological polar surface area (TPSA) is 76.4 Å². The number of rotatable bonds is 5. The van der Waals surface area contributed by atoms with Crippen molar-refractivity contribution in [3.05, 3.63) is 53.0 Å². The van der Waals surface area contributed by atoms with Gasteiger partial charge in [-0.2, -0.15) is 0 Å². The highest BCUT2D eigenvalue weighted by Crippen LogP contribution is 2.31. The van der Waals surface area contributed by atoms with E-state index in [4.69, 9.17) is 4.74 Å². The van der Waals surface area contributed by atoms with Crippen molar-refractivity contribution < 1.29 is 4.74 Å². The Kier molecular flexibility index (Phi) is 5.08. The molecule has 5 rings (SSSR count). The summed E-state index contributed by atoms with van der Waals surface area (Å²) in [6.45, 7) is 4.51. The molecular formula is C22H26N6O2. The van der Waals surface area contributed by atoms with E-state index in [9.17, 15) is 4.79 Å². The third-order valence-corrected chi connectivity index (χ3v) is 6.07. The number of hydrogen-bond donors (Lipinski definition) is 0. The molecule has 0 amide bonds. The molecule has 0 spiro atoms. The van der Waals surface area contributed by atoms with E-state index in [1.54, 1.807) is 17.9 Å². The molecule has 0 radical (unpaired) electrons. The number of benzene rings is 1. The Morgan fingerprint density at radius 1 is 1.10 bits per heavy atom. The number of hydrogen-bond acceptors (Lipinski definition) is 7. The van der Waals surface area contributed by atoms with Crippen molar-refractivity contribution in [2.75, 3.05) is 31.1 Å². The lowest BCUT2D eigenvalue weighted by Gasteiger charge is -2.36. The van der Waals surface area contributed by atoms with Crippen LogP contribution in [0.3, 0.4) is 0 Å². The standard InChI is InChI=1S/C22H26N6O2/c1-26-13-16(23-12-21(26)29)14-27-7-9-28(10-8-27)17-5-6-20-19(11-17)22(25-15-24-20)30-18-3-2-4-18/h5-6,11-13,15,18H,2-4,7-10,14H2,1H3. The van der Waals surface area contributed by atoms with Gasteiger partial charge in [0.1, 0.15) is 12.4 Å². The van der Waals surface area contributed by atoms with Gasteiger partial charge in [0.25, 0.3) is 5.56 Å². The summed E-state index contributed by atoms with van der Waals surface area (Å²) in [6.07, 6.45) is 8.55. The molecule has 156 valence electrons. The molecule has 8 nitrogen and oxygen atoms in total. The molecule has 3 heterocycles. The van der Waals surface area contributed by atoms with Crippen molar-refractivity contribution in [3.63, 3.8) is 0 Å². The lowest BCUT2D eigenvalue weighted by Crippen LogP contribution is -2.46. The average molecular weight is 406 g/mol. The van der Waals surface area contributed by atoms with E-state index in [0.29, 0.717) is 12.0 Å². The lowest BCUT2D eigenvalue weighted by molar-refractivity contribution is 0.116. The molecule has 0 N–H and O–H groups in total. The van der Waals surface area contributed by atoms with E-state index in [2.05, 4.69) is 43.0 Å². The van der Waals surface area contributed by atoms with Gasteiger partial charge in [-0.05, 0) is 37.5 Å². The Balaban J connectivity index is 1.27. The van der Waals surface area contributed by atoms with Gasteiger partial charge >= 0.3 is 0 Å². The average Bonchev–Trinajstić information content (AvgIpc) is 2.74. The Bertz CT molecular complexity index is 1100. The molecule has 1 aliphatic carbocycles. The Labute approximate surface area is 175 Å². The molecule has 1 saturated carbocycles. The number of anilines is 1. The van der Waals surface area contributed by atoms with Gasteiger partial charge in [0, 0.05) is 51.7 Å². The zero-order valence-corrected chi connectivity index (χ0v) is 17.2. The monoisotopic (exact) mass is 406 g/mol. The maximum Gasteiger partial charge on any atom is 0.268 e. The molecule has 2 aliphatic rings. The van der Waals surface area contributed by atoms with Gasteiger partial charge in [-0.3, -0.25) is 14.7 Å². The summed E-state index contributed by atoms with van der Waals surface area (Å²) in [5, 5.41) is 0.985. The first-order valence-electron chi connectivity index (χ1n) is 10.6. The maximum absolute atomic E-state index is 11.5. The molecule has 0 unspecified atom stereocenters. The Morgan fingerprint density at radius 2 is 1.93 bits per heavy atom. The highest BCUT2D eigenvalue weighted by Gasteiger charge is 2.22. The van der Waals surface area contributed by atoms with E-state index in [0.717, 1.165) is 62.2 Å². The van der Waals surface area contributed by atoms with Crippen molar-refractivity contribution in [1.29, 1.82) is 0 Å². The molecule has 1 aromatic carbocycles. The van der Waals surface area contributed by atoms with Crippen LogP contribution in [0.25, 0.3) is 10.9 Å². The Morgan fingerprint density at radius 3 is 2.67 bits per heavy atom. The maximum atomic E-state index is 11.5. The summed E-state index contributed by atoms with van der Waals surface area (Å²) in [7, 11) is 1.76. The molecular weight excluding hydrogens is 380 g/mol. The smallest absolute Gasteiger partial charge is 0.268 e. The van der Waals surface area contributed by atoms with E-state index < -0.39 is 0 Å². The lowest BCUT2D eigenvalue weighted by atomic mass is 9.96. The van der Waals surface area contributed by atoms with Crippen molar-refractivity contribution in [1.82, 2.24) is 24.4 Å². The van der Waals surface area contributed by atoms with Crippen molar-refractivity contribution in [2.24, 2.45) is 7.05 Å². The number of ether oxygens (including phenoxy) is 1. The van der Waals surface area contributed by atoms with Crippen LogP contribution >= 0.6 is 0 Å². The first-order chi connectivity index (χ1) is 14.7. The van der Waals surface area contributed by atoms with Crippen LogP contribution in [0, 0.1) is 0 Å². The van der Waals surface area contributed by atoms with Crippen molar-refractivity contribution in [3.8, 4) is 5.88 Å². The van der Waals surface area contributed by atoms with Crippen LogP contribution in [0.2, 0.25) is 0 Å². The minimum absolute atomic E-state index is 0.0792. The minimum atomic E-state index is -0.0792. The van der Waals surface area contributed by atoms with Crippen LogP contribution < -0.4 is 15.2 Å². The van der Waals surface area contributed by atoms with Gasteiger partial charge in [-0.25, -0.2) is 9.97 Å². The third kappa shape index (κ3) is 3.87. The SMILES string of the molecule is Cn1cc(CN2CCN(c3ccc4ncnc(OC5CCC5)c4c3)CC2)ncc1=O.